The number of methoxy groups -OCH3 is 3. The molecule has 2 aromatic rings. The van der Waals surface area contributed by atoms with Gasteiger partial charge in [0, 0.05) is 13.5 Å². The van der Waals surface area contributed by atoms with Crippen molar-refractivity contribution < 1.29 is 28.8 Å². The molecule has 1 aromatic carbocycles. The van der Waals surface area contributed by atoms with Crippen LogP contribution in [0.3, 0.4) is 0 Å². The Morgan fingerprint density at radius 3 is 2.39 bits per heavy atom. The van der Waals surface area contributed by atoms with Crippen molar-refractivity contribution in [3.8, 4) is 29.6 Å². The zero-order valence-corrected chi connectivity index (χ0v) is 17.4. The summed E-state index contributed by atoms with van der Waals surface area (Å²) >= 11 is 0. The van der Waals surface area contributed by atoms with E-state index in [2.05, 4.69) is 21.8 Å². The molecule has 0 amide bonds. The Labute approximate surface area is 180 Å². The quantitative estimate of drug-likeness (QED) is 0.616. The van der Waals surface area contributed by atoms with Crippen molar-refractivity contribution in [2.45, 2.75) is 18.1 Å². The average Bonchev–Trinajstić information content (AvgIpc) is 3.09. The molecule has 1 unspecified atom stereocenters. The van der Waals surface area contributed by atoms with Crippen LogP contribution < -0.4 is 14.2 Å². The van der Waals surface area contributed by atoms with Crippen molar-refractivity contribution in [3.63, 3.8) is 0 Å². The molecule has 8 heteroatoms. The number of allylic oxidation sites excluding steroid dienone is 3. The lowest BCUT2D eigenvalue weighted by atomic mass is 9.79. The summed E-state index contributed by atoms with van der Waals surface area (Å²) in [6.45, 7) is 0. The van der Waals surface area contributed by atoms with Gasteiger partial charge in [0.25, 0.3) is 0 Å². The van der Waals surface area contributed by atoms with Gasteiger partial charge in [0.2, 0.25) is 17.9 Å². The maximum absolute atomic E-state index is 12.5. The second-order valence-electron chi connectivity index (χ2n) is 6.43. The van der Waals surface area contributed by atoms with Crippen molar-refractivity contribution in [2.75, 3.05) is 21.3 Å². The number of carboxylic acids is 1. The lowest BCUT2D eigenvalue weighted by Gasteiger charge is -2.38. The van der Waals surface area contributed by atoms with E-state index in [4.69, 9.17) is 18.9 Å². The predicted octanol–water partition coefficient (Wildman–Crippen LogP) is 2.76. The minimum absolute atomic E-state index is 0.163. The highest BCUT2D eigenvalue weighted by Crippen LogP contribution is 2.40. The van der Waals surface area contributed by atoms with Gasteiger partial charge in [0.15, 0.2) is 5.60 Å². The van der Waals surface area contributed by atoms with Gasteiger partial charge in [-0.25, -0.2) is 4.79 Å². The van der Waals surface area contributed by atoms with E-state index in [0.717, 1.165) is 0 Å². The molecule has 3 rings (SSSR count). The molecule has 0 saturated heterocycles. The van der Waals surface area contributed by atoms with Gasteiger partial charge in [-0.2, -0.15) is 9.97 Å². The van der Waals surface area contributed by atoms with Crippen LogP contribution in [-0.4, -0.2) is 48.5 Å². The van der Waals surface area contributed by atoms with Crippen LogP contribution in [0.25, 0.3) is 0 Å². The molecule has 31 heavy (non-hydrogen) atoms. The number of aliphatic carboxylic acids is 1. The van der Waals surface area contributed by atoms with Crippen LogP contribution in [0.4, 0.5) is 0 Å². The fourth-order valence-electron chi connectivity index (χ4n) is 3.34. The van der Waals surface area contributed by atoms with E-state index >= 15 is 0 Å². The number of hydrogen-bond donors (Lipinski definition) is 1. The van der Waals surface area contributed by atoms with Gasteiger partial charge < -0.3 is 24.1 Å². The van der Waals surface area contributed by atoms with E-state index in [1.165, 1.54) is 27.4 Å². The average molecular weight is 422 g/mol. The SMILES string of the molecule is COc1cc(OC)nc(O[C@H](C(=O)O)C(OC)(C2=CC=CC#CC2)c2ccccc2)n1. The fraction of sp³-hybridized carbons (Fsp3) is 0.261. The number of benzene rings is 1. The zero-order chi connectivity index (χ0) is 22.3. The molecule has 2 atom stereocenters. The highest BCUT2D eigenvalue weighted by molar-refractivity contribution is 5.76. The molecule has 0 fully saturated rings. The van der Waals surface area contributed by atoms with E-state index in [1.807, 2.05) is 6.07 Å². The number of carbonyl (C=O) groups is 1. The van der Waals surface area contributed by atoms with Gasteiger partial charge in [-0.3, -0.25) is 0 Å². The van der Waals surface area contributed by atoms with Crippen LogP contribution in [0.1, 0.15) is 12.0 Å². The van der Waals surface area contributed by atoms with E-state index < -0.39 is 17.7 Å². The molecule has 1 aliphatic rings. The third kappa shape index (κ3) is 4.52. The van der Waals surface area contributed by atoms with Crippen LogP contribution >= 0.6 is 0 Å². The lowest BCUT2D eigenvalue weighted by Crippen LogP contribution is -2.51. The molecule has 0 aliphatic heterocycles. The molecule has 1 aliphatic carbocycles. The second-order valence-corrected chi connectivity index (χ2v) is 6.43. The Hall–Kier alpha value is -3.83. The summed E-state index contributed by atoms with van der Waals surface area (Å²) in [6.07, 6.45) is 3.94. The summed E-state index contributed by atoms with van der Waals surface area (Å²) in [5, 5.41) is 10.2. The van der Waals surface area contributed by atoms with E-state index in [-0.39, 0.29) is 24.2 Å². The van der Waals surface area contributed by atoms with Crippen molar-refractivity contribution in [3.05, 3.63) is 65.8 Å². The molecule has 8 nitrogen and oxygen atoms in total. The first-order valence-corrected chi connectivity index (χ1v) is 9.37. The number of ether oxygens (including phenoxy) is 4. The fourth-order valence-corrected chi connectivity index (χ4v) is 3.34. The smallest absolute Gasteiger partial charge is 0.348 e. The van der Waals surface area contributed by atoms with Crippen molar-refractivity contribution in [1.29, 1.82) is 0 Å². The predicted molar refractivity (Wildman–Crippen MR) is 112 cm³/mol. The largest absolute Gasteiger partial charge is 0.481 e. The summed E-state index contributed by atoms with van der Waals surface area (Å²) < 4.78 is 22.1. The van der Waals surface area contributed by atoms with Crippen LogP contribution in [-0.2, 0) is 15.1 Å². The molecule has 1 N–H and O–H groups in total. The number of nitrogens with zero attached hydrogens (tertiary/aromatic N) is 2. The molecule has 0 radical (unpaired) electrons. The van der Waals surface area contributed by atoms with Crippen LogP contribution in [0.5, 0.6) is 17.8 Å². The zero-order valence-electron chi connectivity index (χ0n) is 17.4. The van der Waals surface area contributed by atoms with Gasteiger partial charge in [-0.05, 0) is 17.2 Å². The number of aromatic nitrogens is 2. The Morgan fingerprint density at radius 2 is 1.81 bits per heavy atom. The topological polar surface area (TPSA) is 100 Å². The number of rotatable bonds is 9. The lowest BCUT2D eigenvalue weighted by molar-refractivity contribution is -0.161. The number of carboxylic acid groups (broad SMARTS) is 1. The first-order chi connectivity index (χ1) is 15.0. The Kier molecular flexibility index (Phi) is 6.90. The Morgan fingerprint density at radius 1 is 1.13 bits per heavy atom. The van der Waals surface area contributed by atoms with E-state index in [9.17, 15) is 9.90 Å². The Balaban J connectivity index is 2.18. The molecular weight excluding hydrogens is 400 g/mol. The number of hydrogen-bond acceptors (Lipinski definition) is 7. The highest BCUT2D eigenvalue weighted by atomic mass is 16.6. The Bertz CT molecular complexity index is 1030. The standard InChI is InChI=1S/C23H22N2O6/c1-28-18-15-19(29-2)25-22(24-18)31-20(21(26)27)23(30-3,17-13-9-6-10-14-17)16-11-7-4-5-8-12-16/h4,6-7,9-11,13-15,20H,12H2,1-3H3,(H,26,27)/t20-,23?/m1/s1. The molecule has 0 bridgehead atoms. The van der Waals surface area contributed by atoms with Crippen LogP contribution in [0.15, 0.2) is 60.2 Å². The summed E-state index contributed by atoms with van der Waals surface area (Å²) in [6, 6.07) is 10.2. The van der Waals surface area contributed by atoms with Crippen LogP contribution in [0.2, 0.25) is 0 Å². The molecule has 0 saturated carbocycles. The first kappa shape index (κ1) is 21.9. The molecular formula is C23H22N2O6. The molecule has 1 aromatic heterocycles. The van der Waals surface area contributed by atoms with Crippen molar-refractivity contribution in [2.24, 2.45) is 0 Å². The van der Waals surface area contributed by atoms with Gasteiger partial charge in [0.05, 0.1) is 20.3 Å². The minimum atomic E-state index is -1.55. The first-order valence-electron chi connectivity index (χ1n) is 9.37. The van der Waals surface area contributed by atoms with Gasteiger partial charge >= 0.3 is 12.0 Å². The van der Waals surface area contributed by atoms with E-state index in [0.29, 0.717) is 11.1 Å². The second kappa shape index (κ2) is 9.78. The van der Waals surface area contributed by atoms with Gasteiger partial charge in [0.1, 0.15) is 0 Å². The molecule has 0 spiro atoms. The maximum atomic E-state index is 12.5. The van der Waals surface area contributed by atoms with Gasteiger partial charge in [-0.15, -0.1) is 0 Å². The summed E-state index contributed by atoms with van der Waals surface area (Å²) in [4.78, 5) is 20.7. The van der Waals surface area contributed by atoms with E-state index in [1.54, 1.807) is 42.5 Å². The third-order valence-electron chi connectivity index (χ3n) is 4.75. The molecule has 1 heterocycles. The summed E-state index contributed by atoms with van der Waals surface area (Å²) in [5.74, 6) is 4.95. The highest BCUT2D eigenvalue weighted by Gasteiger charge is 2.50. The van der Waals surface area contributed by atoms with Crippen LogP contribution in [0, 0.1) is 11.8 Å². The monoisotopic (exact) mass is 422 g/mol. The summed E-state index contributed by atoms with van der Waals surface area (Å²) in [7, 11) is 4.28. The van der Waals surface area contributed by atoms with Crippen molar-refractivity contribution in [1.82, 2.24) is 9.97 Å². The normalized spacial score (nSPS) is 15.4. The summed E-state index contributed by atoms with van der Waals surface area (Å²) in [5.41, 5.74) is -0.302. The maximum Gasteiger partial charge on any atom is 0.348 e. The van der Waals surface area contributed by atoms with Gasteiger partial charge in [-0.1, -0.05) is 54.3 Å². The third-order valence-corrected chi connectivity index (χ3v) is 4.75. The minimum Gasteiger partial charge on any atom is -0.481 e. The molecule has 160 valence electrons. The van der Waals surface area contributed by atoms with Crippen molar-refractivity contribution >= 4 is 5.97 Å².